The van der Waals surface area contributed by atoms with Gasteiger partial charge >= 0.3 is 8.25 Å². The standard InChI is InChI=1S/C17H23N4O8P/c18-15(19)11(5-20-16(25)10-3-1-9(7-22)2-4-10)6-21-17-14(24)13(23)12(29-17)8-28-30(26)27/h1-4,6-7,12-14,17,21,23-24,30H,5,8H2,(H3,18,19)(H,20,25)(H,26,27)/b11-6-. The minimum Gasteiger partial charge on any atom is -0.387 e. The summed E-state index contributed by atoms with van der Waals surface area (Å²) in [6.45, 7) is -0.520. The van der Waals surface area contributed by atoms with E-state index in [1.165, 1.54) is 30.5 Å². The van der Waals surface area contributed by atoms with Gasteiger partial charge in [-0.25, -0.2) is 0 Å². The molecule has 30 heavy (non-hydrogen) atoms. The van der Waals surface area contributed by atoms with Crippen LogP contribution in [0.4, 0.5) is 0 Å². The predicted molar refractivity (Wildman–Crippen MR) is 105 cm³/mol. The molecule has 5 atom stereocenters. The van der Waals surface area contributed by atoms with Crippen molar-refractivity contribution >= 4 is 26.3 Å². The third-order valence-corrected chi connectivity index (χ3v) is 4.66. The first-order chi connectivity index (χ1) is 14.2. The third kappa shape index (κ3) is 6.46. The Labute approximate surface area is 172 Å². The van der Waals surface area contributed by atoms with Crippen LogP contribution in [0.2, 0.25) is 0 Å². The summed E-state index contributed by atoms with van der Waals surface area (Å²) in [6, 6.07) is 5.93. The van der Waals surface area contributed by atoms with Crippen molar-refractivity contribution < 1.29 is 38.5 Å². The normalized spacial score (nSPS) is 24.8. The van der Waals surface area contributed by atoms with Crippen molar-refractivity contribution in [2.24, 2.45) is 5.73 Å². The van der Waals surface area contributed by atoms with Crippen LogP contribution in [0.3, 0.4) is 0 Å². The molecule has 1 aromatic carbocycles. The van der Waals surface area contributed by atoms with Gasteiger partial charge in [-0.15, -0.1) is 0 Å². The van der Waals surface area contributed by atoms with Gasteiger partial charge in [0, 0.05) is 29.4 Å². The Kier molecular flexibility index (Phi) is 8.66. The summed E-state index contributed by atoms with van der Waals surface area (Å²) < 4.78 is 20.5. The van der Waals surface area contributed by atoms with Gasteiger partial charge in [0.05, 0.1) is 6.61 Å². The van der Waals surface area contributed by atoms with E-state index in [1.807, 2.05) is 0 Å². The highest BCUT2D eigenvalue weighted by molar-refractivity contribution is 7.32. The van der Waals surface area contributed by atoms with E-state index in [0.717, 1.165) is 0 Å². The molecule has 0 bridgehead atoms. The van der Waals surface area contributed by atoms with E-state index in [0.29, 0.717) is 17.4 Å². The van der Waals surface area contributed by atoms with Crippen molar-refractivity contribution in [1.82, 2.24) is 10.6 Å². The monoisotopic (exact) mass is 442 g/mol. The highest BCUT2D eigenvalue weighted by atomic mass is 31.1. The summed E-state index contributed by atoms with van der Waals surface area (Å²) in [5.74, 6) is -0.811. The molecule has 2 rings (SSSR count). The molecule has 1 saturated heterocycles. The number of aliphatic hydroxyl groups is 2. The van der Waals surface area contributed by atoms with Crippen LogP contribution in [0.15, 0.2) is 36.0 Å². The molecule has 0 radical (unpaired) electrons. The van der Waals surface area contributed by atoms with Gasteiger partial charge < -0.3 is 40.7 Å². The number of carbonyl (C=O) groups excluding carboxylic acids is 2. The second-order valence-electron chi connectivity index (χ2n) is 6.33. The summed E-state index contributed by atoms with van der Waals surface area (Å²) >= 11 is 0. The molecule has 1 aliphatic heterocycles. The Morgan fingerprint density at radius 1 is 1.30 bits per heavy atom. The van der Waals surface area contributed by atoms with Crippen LogP contribution in [0.5, 0.6) is 0 Å². The number of amides is 1. The second kappa shape index (κ2) is 11.0. The van der Waals surface area contributed by atoms with Gasteiger partial charge in [-0.3, -0.25) is 19.6 Å². The summed E-state index contributed by atoms with van der Waals surface area (Å²) in [6.07, 6.45) is -2.99. The topological polar surface area (TPSA) is 204 Å². The van der Waals surface area contributed by atoms with Crippen LogP contribution >= 0.6 is 8.25 Å². The fourth-order valence-corrected chi connectivity index (χ4v) is 2.88. The number of ether oxygens (including phenoxy) is 1. The van der Waals surface area contributed by atoms with Gasteiger partial charge in [0.25, 0.3) is 5.91 Å². The van der Waals surface area contributed by atoms with Gasteiger partial charge in [0.2, 0.25) is 0 Å². The zero-order chi connectivity index (χ0) is 22.3. The maximum Gasteiger partial charge on any atom is 0.316 e. The summed E-state index contributed by atoms with van der Waals surface area (Å²) in [4.78, 5) is 31.5. The number of rotatable bonds is 10. The number of aldehydes is 1. The first-order valence-electron chi connectivity index (χ1n) is 8.73. The lowest BCUT2D eigenvalue weighted by atomic mass is 10.1. The van der Waals surface area contributed by atoms with Crippen LogP contribution < -0.4 is 16.4 Å². The summed E-state index contributed by atoms with van der Waals surface area (Å²) in [7, 11) is -3.21. The molecular formula is C17H23N4O8P. The molecule has 8 N–H and O–H groups in total. The highest BCUT2D eigenvalue weighted by Crippen LogP contribution is 2.24. The minimum atomic E-state index is -3.21. The van der Waals surface area contributed by atoms with Crippen molar-refractivity contribution in [1.29, 1.82) is 5.41 Å². The number of carbonyl (C=O) groups is 2. The molecule has 0 spiro atoms. The van der Waals surface area contributed by atoms with Crippen LogP contribution in [-0.2, 0) is 13.8 Å². The number of hydrogen-bond donors (Lipinski definition) is 7. The Balaban J connectivity index is 1.95. The van der Waals surface area contributed by atoms with E-state index in [-0.39, 0.29) is 18.0 Å². The third-order valence-electron chi connectivity index (χ3n) is 4.25. The molecule has 5 unspecified atom stereocenters. The lowest BCUT2D eigenvalue weighted by molar-refractivity contribution is -0.0233. The van der Waals surface area contributed by atoms with E-state index in [2.05, 4.69) is 15.2 Å². The highest BCUT2D eigenvalue weighted by Gasteiger charge is 2.42. The average Bonchev–Trinajstić information content (AvgIpc) is 2.99. The van der Waals surface area contributed by atoms with Crippen molar-refractivity contribution in [2.75, 3.05) is 13.2 Å². The largest absolute Gasteiger partial charge is 0.387 e. The average molecular weight is 442 g/mol. The van der Waals surface area contributed by atoms with E-state index in [4.69, 9.17) is 20.8 Å². The smallest absolute Gasteiger partial charge is 0.316 e. The Bertz CT molecular complexity index is 832. The molecule has 1 aromatic rings. The maximum absolute atomic E-state index is 12.2. The van der Waals surface area contributed by atoms with Gasteiger partial charge in [-0.1, -0.05) is 12.1 Å². The van der Waals surface area contributed by atoms with E-state index in [1.54, 1.807) is 0 Å². The number of aliphatic hydroxyl groups excluding tert-OH is 2. The SMILES string of the molecule is N=C(N)/C(=C\NC1OC(CO[PH](=O)O)C(O)C1O)CNC(=O)c1ccc(C=O)cc1. The number of nitrogens with one attached hydrogen (secondary N) is 3. The molecule has 0 aromatic heterocycles. The summed E-state index contributed by atoms with van der Waals surface area (Å²) in [5.41, 5.74) is 6.40. The lowest BCUT2D eigenvalue weighted by Crippen LogP contribution is -2.39. The molecule has 0 saturated carbocycles. The minimum absolute atomic E-state index is 0.124. The van der Waals surface area contributed by atoms with Crippen LogP contribution in [-0.4, -0.2) is 70.8 Å². The van der Waals surface area contributed by atoms with Gasteiger partial charge in [-0.05, 0) is 12.1 Å². The Morgan fingerprint density at radius 3 is 2.53 bits per heavy atom. The van der Waals surface area contributed by atoms with Gasteiger partial charge in [-0.2, -0.15) is 0 Å². The van der Waals surface area contributed by atoms with Crippen molar-refractivity contribution in [2.45, 2.75) is 24.5 Å². The Hall–Kier alpha value is -2.60. The van der Waals surface area contributed by atoms with Crippen LogP contribution in [0.1, 0.15) is 20.7 Å². The molecule has 13 heteroatoms. The molecule has 1 aliphatic rings. The van der Waals surface area contributed by atoms with E-state index >= 15 is 0 Å². The molecule has 1 fully saturated rings. The van der Waals surface area contributed by atoms with Crippen molar-refractivity contribution in [3.8, 4) is 0 Å². The zero-order valence-corrected chi connectivity index (χ0v) is 16.6. The molecule has 12 nitrogen and oxygen atoms in total. The quantitative estimate of drug-likeness (QED) is 0.0965. The zero-order valence-electron chi connectivity index (χ0n) is 15.6. The maximum atomic E-state index is 12.2. The fourth-order valence-electron chi connectivity index (χ4n) is 2.57. The number of hydrogen-bond acceptors (Lipinski definition) is 9. The number of benzene rings is 1. The molecule has 0 aliphatic carbocycles. The summed E-state index contributed by atoms with van der Waals surface area (Å²) in [5, 5.41) is 32.8. The Morgan fingerprint density at radius 2 is 1.97 bits per heavy atom. The molecular weight excluding hydrogens is 419 g/mol. The van der Waals surface area contributed by atoms with Crippen LogP contribution in [0.25, 0.3) is 0 Å². The van der Waals surface area contributed by atoms with E-state index in [9.17, 15) is 24.4 Å². The first kappa shape index (κ1) is 23.7. The number of nitrogens with two attached hydrogens (primary N) is 1. The first-order valence-corrected chi connectivity index (χ1v) is 9.99. The van der Waals surface area contributed by atoms with Crippen molar-refractivity contribution in [3.05, 3.63) is 47.2 Å². The van der Waals surface area contributed by atoms with Crippen molar-refractivity contribution in [3.63, 3.8) is 0 Å². The number of amidine groups is 1. The fraction of sp³-hybridized carbons (Fsp3) is 0.353. The lowest BCUT2D eigenvalue weighted by Gasteiger charge is -2.16. The molecule has 1 amide bonds. The molecule has 1 heterocycles. The predicted octanol–water partition coefficient (Wildman–Crippen LogP) is -1.52. The molecule has 164 valence electrons. The van der Waals surface area contributed by atoms with E-state index < -0.39 is 45.3 Å². The van der Waals surface area contributed by atoms with Gasteiger partial charge in [0.1, 0.15) is 30.4 Å². The second-order valence-corrected chi connectivity index (χ2v) is 7.15. The van der Waals surface area contributed by atoms with Crippen LogP contribution in [0, 0.1) is 5.41 Å². The van der Waals surface area contributed by atoms with Gasteiger partial charge in [0.15, 0.2) is 6.23 Å².